The van der Waals surface area contributed by atoms with Crippen LogP contribution < -0.4 is 10.6 Å². The third-order valence-electron chi connectivity index (χ3n) is 3.98. The summed E-state index contributed by atoms with van der Waals surface area (Å²) < 4.78 is 18.7. The van der Waals surface area contributed by atoms with Gasteiger partial charge in [-0.05, 0) is 23.8 Å². The van der Waals surface area contributed by atoms with Gasteiger partial charge in [-0.3, -0.25) is 4.79 Å². The Labute approximate surface area is 166 Å². The molecule has 0 saturated heterocycles. The average molecular weight is 404 g/mol. The number of rotatable bonds is 10. The first-order valence-corrected chi connectivity index (χ1v) is 8.74. The first-order valence-electron chi connectivity index (χ1n) is 8.74. The summed E-state index contributed by atoms with van der Waals surface area (Å²) in [5, 5.41) is 23.2. The van der Waals surface area contributed by atoms with Gasteiger partial charge in [0, 0.05) is 12.1 Å². The number of amides is 1. The van der Waals surface area contributed by atoms with Crippen molar-refractivity contribution < 1.29 is 33.7 Å². The predicted molar refractivity (Wildman–Crippen MR) is 101 cm³/mol. The van der Waals surface area contributed by atoms with Gasteiger partial charge in [0.15, 0.2) is 5.78 Å². The Bertz CT molecular complexity index is 859. The minimum absolute atomic E-state index is 0.0104. The first kappa shape index (κ1) is 22.0. The van der Waals surface area contributed by atoms with Crippen molar-refractivity contribution in [1.29, 1.82) is 0 Å². The molecule has 29 heavy (non-hydrogen) atoms. The van der Waals surface area contributed by atoms with Crippen molar-refractivity contribution in [2.24, 2.45) is 0 Å². The number of Topliss-reactive ketones (excluding diaryl/α,β-unsaturated/α-hetero) is 1. The number of ether oxygens (including phenoxy) is 1. The number of carboxylic acids is 1. The second-order valence-electron chi connectivity index (χ2n) is 6.12. The Morgan fingerprint density at radius 2 is 1.83 bits per heavy atom. The van der Waals surface area contributed by atoms with E-state index in [0.717, 1.165) is 23.8 Å². The molecule has 9 heteroatoms. The SMILES string of the molecule is O=C(N[C@H](CO)C(=O)CNCc1cc(C(=O)O)ccc1F)OCc1ccccc1. The van der Waals surface area contributed by atoms with Gasteiger partial charge in [-0.15, -0.1) is 0 Å². The van der Waals surface area contributed by atoms with Crippen molar-refractivity contribution in [3.8, 4) is 0 Å². The van der Waals surface area contributed by atoms with E-state index < -0.39 is 36.3 Å². The zero-order chi connectivity index (χ0) is 21.2. The number of benzene rings is 2. The number of ketones is 1. The topological polar surface area (TPSA) is 125 Å². The Balaban J connectivity index is 1.81. The van der Waals surface area contributed by atoms with E-state index in [1.54, 1.807) is 24.3 Å². The summed E-state index contributed by atoms with van der Waals surface area (Å²) in [6.07, 6.45) is -0.860. The van der Waals surface area contributed by atoms with Crippen LogP contribution in [0.15, 0.2) is 48.5 Å². The summed E-state index contributed by atoms with van der Waals surface area (Å²) in [4.78, 5) is 34.9. The van der Waals surface area contributed by atoms with Crippen LogP contribution in [0.3, 0.4) is 0 Å². The van der Waals surface area contributed by atoms with E-state index in [1.807, 2.05) is 6.07 Å². The highest BCUT2D eigenvalue weighted by molar-refractivity contribution is 5.89. The molecule has 154 valence electrons. The van der Waals surface area contributed by atoms with Crippen molar-refractivity contribution in [2.75, 3.05) is 13.2 Å². The fraction of sp³-hybridized carbons (Fsp3) is 0.250. The van der Waals surface area contributed by atoms with Crippen LogP contribution in [0.2, 0.25) is 0 Å². The Kier molecular flexibility index (Phi) is 8.26. The maximum atomic E-state index is 13.7. The van der Waals surface area contributed by atoms with Crippen molar-refractivity contribution in [1.82, 2.24) is 10.6 Å². The lowest BCUT2D eigenvalue weighted by Gasteiger charge is -2.16. The van der Waals surface area contributed by atoms with Crippen molar-refractivity contribution in [3.63, 3.8) is 0 Å². The molecule has 2 aromatic carbocycles. The van der Waals surface area contributed by atoms with Gasteiger partial charge in [-0.1, -0.05) is 30.3 Å². The number of halogens is 1. The smallest absolute Gasteiger partial charge is 0.408 e. The van der Waals surface area contributed by atoms with E-state index in [0.29, 0.717) is 0 Å². The van der Waals surface area contributed by atoms with Gasteiger partial charge in [-0.2, -0.15) is 0 Å². The highest BCUT2D eigenvalue weighted by Gasteiger charge is 2.20. The molecule has 1 amide bonds. The summed E-state index contributed by atoms with van der Waals surface area (Å²) in [5.41, 5.74) is 0.765. The standard InChI is InChI=1S/C20H21FN2O6/c21-16-7-6-14(19(26)27)8-15(16)9-22-10-18(25)17(11-24)23-20(28)29-12-13-4-2-1-3-5-13/h1-8,17,22,24H,9-12H2,(H,23,28)(H,26,27)/t17-/m1/s1. The Morgan fingerprint density at radius 3 is 2.48 bits per heavy atom. The molecule has 0 saturated carbocycles. The molecule has 0 radical (unpaired) electrons. The number of alkyl carbamates (subject to hydrolysis) is 1. The van der Waals surface area contributed by atoms with Crippen LogP contribution in [0, 0.1) is 5.82 Å². The maximum Gasteiger partial charge on any atom is 0.408 e. The fourth-order valence-electron chi connectivity index (χ4n) is 2.42. The van der Waals surface area contributed by atoms with E-state index in [2.05, 4.69) is 10.6 Å². The lowest BCUT2D eigenvalue weighted by Crippen LogP contribution is -2.46. The minimum atomic E-state index is -1.19. The predicted octanol–water partition coefficient (Wildman–Crippen LogP) is 1.47. The lowest BCUT2D eigenvalue weighted by molar-refractivity contribution is -0.121. The molecule has 0 aliphatic heterocycles. The van der Waals surface area contributed by atoms with Gasteiger partial charge < -0.3 is 25.6 Å². The number of carboxylic acid groups (broad SMARTS) is 1. The largest absolute Gasteiger partial charge is 0.478 e. The molecule has 1 atom stereocenters. The molecule has 2 rings (SSSR count). The summed E-state index contributed by atoms with van der Waals surface area (Å²) in [7, 11) is 0. The molecule has 0 heterocycles. The number of carbonyl (C=O) groups excluding carboxylic acids is 2. The number of aliphatic hydroxyl groups is 1. The lowest BCUT2D eigenvalue weighted by atomic mass is 10.1. The number of hydrogen-bond acceptors (Lipinski definition) is 6. The van der Waals surface area contributed by atoms with E-state index in [-0.39, 0.29) is 30.8 Å². The summed E-state index contributed by atoms with van der Waals surface area (Å²) in [5.74, 6) is -2.35. The van der Waals surface area contributed by atoms with Crippen LogP contribution in [0.1, 0.15) is 21.5 Å². The Hall–Kier alpha value is -3.30. The number of nitrogens with one attached hydrogen (secondary N) is 2. The maximum absolute atomic E-state index is 13.7. The van der Waals surface area contributed by atoms with Gasteiger partial charge in [0.2, 0.25) is 0 Å². The van der Waals surface area contributed by atoms with Crippen LogP contribution in [0.25, 0.3) is 0 Å². The first-order chi connectivity index (χ1) is 13.9. The molecule has 0 spiro atoms. The van der Waals surface area contributed by atoms with E-state index in [4.69, 9.17) is 9.84 Å². The van der Waals surface area contributed by atoms with Gasteiger partial charge in [0.1, 0.15) is 18.5 Å². The Morgan fingerprint density at radius 1 is 1.10 bits per heavy atom. The van der Waals surface area contributed by atoms with Crippen LogP contribution in [-0.4, -0.2) is 47.3 Å². The number of aliphatic hydroxyl groups excluding tert-OH is 1. The van der Waals surface area contributed by atoms with Crippen LogP contribution >= 0.6 is 0 Å². The summed E-state index contributed by atoms with van der Waals surface area (Å²) in [6, 6.07) is 11.1. The molecule has 2 aromatic rings. The zero-order valence-corrected chi connectivity index (χ0v) is 15.4. The normalized spacial score (nSPS) is 11.5. The molecule has 0 bridgehead atoms. The molecule has 0 unspecified atom stereocenters. The van der Waals surface area contributed by atoms with Crippen molar-refractivity contribution in [3.05, 3.63) is 71.0 Å². The zero-order valence-electron chi connectivity index (χ0n) is 15.4. The number of carbonyl (C=O) groups is 3. The summed E-state index contributed by atoms with van der Waals surface area (Å²) in [6.45, 7) is -1.00. The quantitative estimate of drug-likeness (QED) is 0.473. The van der Waals surface area contributed by atoms with Gasteiger partial charge in [-0.25, -0.2) is 14.0 Å². The third kappa shape index (κ3) is 6.98. The van der Waals surface area contributed by atoms with Gasteiger partial charge >= 0.3 is 12.1 Å². The van der Waals surface area contributed by atoms with E-state index in [9.17, 15) is 23.9 Å². The van der Waals surface area contributed by atoms with Gasteiger partial charge in [0.25, 0.3) is 0 Å². The van der Waals surface area contributed by atoms with E-state index >= 15 is 0 Å². The molecule has 0 aromatic heterocycles. The molecule has 0 aliphatic rings. The fourth-order valence-corrected chi connectivity index (χ4v) is 2.42. The second kappa shape index (κ2) is 10.9. The average Bonchev–Trinajstić information content (AvgIpc) is 2.72. The van der Waals surface area contributed by atoms with Crippen molar-refractivity contribution >= 4 is 17.8 Å². The molecule has 8 nitrogen and oxygen atoms in total. The molecular formula is C20H21FN2O6. The molecule has 0 aliphatic carbocycles. The van der Waals surface area contributed by atoms with Crippen LogP contribution in [-0.2, 0) is 22.7 Å². The molecular weight excluding hydrogens is 383 g/mol. The molecule has 0 fully saturated rings. The molecule has 4 N–H and O–H groups in total. The minimum Gasteiger partial charge on any atom is -0.478 e. The summed E-state index contributed by atoms with van der Waals surface area (Å²) >= 11 is 0. The van der Waals surface area contributed by atoms with Crippen LogP contribution in [0.4, 0.5) is 9.18 Å². The van der Waals surface area contributed by atoms with E-state index in [1.165, 1.54) is 0 Å². The third-order valence-corrected chi connectivity index (χ3v) is 3.98. The highest BCUT2D eigenvalue weighted by atomic mass is 19.1. The van der Waals surface area contributed by atoms with Gasteiger partial charge in [0.05, 0.1) is 18.7 Å². The highest BCUT2D eigenvalue weighted by Crippen LogP contribution is 2.10. The van der Waals surface area contributed by atoms with Crippen LogP contribution in [0.5, 0.6) is 0 Å². The van der Waals surface area contributed by atoms with Crippen molar-refractivity contribution in [2.45, 2.75) is 19.2 Å². The number of hydrogen-bond donors (Lipinski definition) is 4. The second-order valence-corrected chi connectivity index (χ2v) is 6.12. The number of aromatic carboxylic acids is 1. The monoisotopic (exact) mass is 404 g/mol.